The Hall–Kier alpha value is -0.840. The van der Waals surface area contributed by atoms with Gasteiger partial charge >= 0.3 is 11.9 Å². The molecular weight excluding hydrogens is 717 g/mol. The Morgan fingerprint density at radius 2 is 1.59 bits per heavy atom. The molecule has 0 aromatic rings. The third-order valence-corrected chi connectivity index (χ3v) is 20.2. The van der Waals surface area contributed by atoms with Crippen LogP contribution in [-0.2, 0) is 24.2 Å². The number of sulfone groups is 1. The molecule has 5 saturated carbocycles. The smallest absolute Gasteiger partial charge is 0.309 e. The minimum Gasteiger partial charge on any atom is -0.481 e. The summed E-state index contributed by atoms with van der Waals surface area (Å²) < 4.78 is 30.9. The molecule has 54 heavy (non-hydrogen) atoms. The van der Waals surface area contributed by atoms with Gasteiger partial charge in [0, 0.05) is 36.6 Å². The summed E-state index contributed by atoms with van der Waals surface area (Å²) in [5.74, 6) is 4.12. The largest absolute Gasteiger partial charge is 0.481 e. The summed E-state index contributed by atoms with van der Waals surface area (Å²) in [5.41, 5.74) is -0.502. The first-order valence-electron chi connectivity index (χ1n) is 21.7. The van der Waals surface area contributed by atoms with Gasteiger partial charge in [-0.25, -0.2) is 8.42 Å². The van der Waals surface area contributed by atoms with Crippen LogP contribution in [0.15, 0.2) is 0 Å². The van der Waals surface area contributed by atoms with Gasteiger partial charge in [0.2, 0.25) is 0 Å². The monoisotopic (exact) mass is 793 g/mol. The van der Waals surface area contributed by atoms with Gasteiger partial charge in [-0.3, -0.25) is 14.5 Å². The van der Waals surface area contributed by atoms with Crippen molar-refractivity contribution in [2.45, 2.75) is 157 Å². The fourth-order valence-corrected chi connectivity index (χ4v) is 16.3. The molecule has 2 N–H and O–H groups in total. The highest BCUT2D eigenvalue weighted by Crippen LogP contribution is 2.76. The average molecular weight is 793 g/mol. The van der Waals surface area contributed by atoms with Crippen LogP contribution in [0.4, 0.5) is 0 Å². The molecule has 310 valence electrons. The van der Waals surface area contributed by atoms with Gasteiger partial charge in [-0.1, -0.05) is 48.5 Å². The Kier molecular flexibility index (Phi) is 11.9. The number of carbonyl (C=O) groups excluding carboxylic acids is 1. The Balaban J connectivity index is 1.22. The van der Waals surface area contributed by atoms with Crippen LogP contribution in [0.25, 0.3) is 0 Å². The molecule has 1 heterocycles. The van der Waals surface area contributed by atoms with E-state index in [2.05, 4.69) is 64.9 Å². The number of rotatable bonds is 12. The third-order valence-electron chi connectivity index (χ3n) is 18.0. The van der Waals surface area contributed by atoms with Crippen molar-refractivity contribution < 1.29 is 27.9 Å². The van der Waals surface area contributed by atoms with E-state index in [4.69, 9.17) is 4.74 Å². The lowest BCUT2D eigenvalue weighted by molar-refractivity contribution is -0.247. The highest BCUT2D eigenvalue weighted by Gasteiger charge is 2.71. The van der Waals surface area contributed by atoms with E-state index in [1.165, 1.54) is 44.9 Å². The van der Waals surface area contributed by atoms with Crippen LogP contribution in [0.5, 0.6) is 0 Å². The number of carboxylic acids is 1. The number of thioether (sulfide) groups is 1. The van der Waals surface area contributed by atoms with E-state index in [-0.39, 0.29) is 45.7 Å². The molecule has 10 heteroatoms. The van der Waals surface area contributed by atoms with Crippen LogP contribution in [0.1, 0.15) is 139 Å². The summed E-state index contributed by atoms with van der Waals surface area (Å²) in [5, 5.41) is 14.0. The van der Waals surface area contributed by atoms with E-state index in [1.807, 2.05) is 11.8 Å². The van der Waals surface area contributed by atoms with E-state index in [1.54, 1.807) is 13.8 Å². The SMILES string of the molecule is CSCCC(CN[C@]12CC[C@@H](C(C)C)[C@@H]1[C@H]1CC[C@@H]3[C@@]4(C)CC[C@H](OC(=O)CC(C)(C)C(=O)O)C(C)(C)[C@@H]4CC[C@@]3(C)[C@]1(C)CC2)N1CCS(=O)(=O)CC1. The van der Waals surface area contributed by atoms with Gasteiger partial charge in [0.25, 0.3) is 0 Å². The number of carboxylic acid groups (broad SMARTS) is 1. The van der Waals surface area contributed by atoms with Crippen molar-refractivity contribution in [3.8, 4) is 0 Å². The number of nitrogens with one attached hydrogen (secondary N) is 1. The van der Waals surface area contributed by atoms with Crippen molar-refractivity contribution in [1.82, 2.24) is 10.2 Å². The molecule has 1 saturated heterocycles. The van der Waals surface area contributed by atoms with Crippen molar-refractivity contribution in [3.05, 3.63) is 0 Å². The van der Waals surface area contributed by atoms with Crippen molar-refractivity contribution in [2.75, 3.05) is 43.1 Å². The number of fused-ring (bicyclic) bond motifs is 7. The third kappa shape index (κ3) is 7.26. The maximum Gasteiger partial charge on any atom is 0.309 e. The number of hydrogen-bond acceptors (Lipinski definition) is 8. The minimum absolute atomic E-state index is 0.104. The van der Waals surface area contributed by atoms with E-state index < -0.39 is 21.2 Å². The second-order valence-electron chi connectivity index (χ2n) is 21.5. The molecule has 0 aromatic heterocycles. The maximum atomic E-state index is 13.1. The summed E-state index contributed by atoms with van der Waals surface area (Å²) in [6.07, 6.45) is 14.9. The van der Waals surface area contributed by atoms with Crippen molar-refractivity contribution in [1.29, 1.82) is 0 Å². The zero-order valence-corrected chi connectivity index (χ0v) is 37.2. The first kappa shape index (κ1) is 42.8. The molecule has 6 fully saturated rings. The first-order chi connectivity index (χ1) is 25.1. The molecule has 8 nitrogen and oxygen atoms in total. The van der Waals surface area contributed by atoms with Gasteiger partial charge in [-0.2, -0.15) is 11.8 Å². The highest BCUT2D eigenvalue weighted by molar-refractivity contribution is 7.98. The summed E-state index contributed by atoms with van der Waals surface area (Å²) in [6, 6.07) is 0.374. The van der Waals surface area contributed by atoms with Crippen LogP contribution in [0.3, 0.4) is 0 Å². The van der Waals surface area contributed by atoms with Gasteiger partial charge in [0.05, 0.1) is 23.3 Å². The lowest BCUT2D eigenvalue weighted by Gasteiger charge is -2.73. The number of aliphatic carboxylic acids is 1. The number of carbonyl (C=O) groups is 2. The lowest BCUT2D eigenvalue weighted by Crippen LogP contribution is -2.69. The van der Waals surface area contributed by atoms with Crippen molar-refractivity contribution in [3.63, 3.8) is 0 Å². The Morgan fingerprint density at radius 1 is 0.907 bits per heavy atom. The van der Waals surface area contributed by atoms with Crippen molar-refractivity contribution >= 4 is 33.5 Å². The predicted molar refractivity (Wildman–Crippen MR) is 220 cm³/mol. The number of nitrogens with zero attached hydrogens (tertiary/aromatic N) is 1. The van der Waals surface area contributed by atoms with Gasteiger partial charge < -0.3 is 15.2 Å². The number of hydrogen-bond donors (Lipinski definition) is 2. The van der Waals surface area contributed by atoms with Gasteiger partial charge in [0.15, 0.2) is 9.84 Å². The molecule has 5 aliphatic carbocycles. The molecule has 11 atom stereocenters. The van der Waals surface area contributed by atoms with E-state index >= 15 is 0 Å². The molecule has 1 unspecified atom stereocenters. The molecule has 0 amide bonds. The highest BCUT2D eigenvalue weighted by atomic mass is 32.2. The Bertz CT molecular complexity index is 1500. The molecule has 0 bridgehead atoms. The molecule has 0 spiro atoms. The Morgan fingerprint density at radius 3 is 2.22 bits per heavy atom. The summed E-state index contributed by atoms with van der Waals surface area (Å²) in [7, 11) is -2.91. The van der Waals surface area contributed by atoms with E-state index in [0.29, 0.717) is 66.1 Å². The summed E-state index contributed by atoms with van der Waals surface area (Å²) in [4.78, 5) is 27.4. The zero-order valence-electron chi connectivity index (χ0n) is 35.6. The maximum absolute atomic E-state index is 13.1. The van der Waals surface area contributed by atoms with Gasteiger partial charge in [-0.05, 0) is 148 Å². The van der Waals surface area contributed by atoms with Crippen LogP contribution < -0.4 is 5.32 Å². The zero-order chi connectivity index (χ0) is 39.7. The average Bonchev–Trinajstić information content (AvgIpc) is 3.47. The second-order valence-corrected chi connectivity index (χ2v) is 24.8. The number of ether oxygens (including phenoxy) is 1. The topological polar surface area (TPSA) is 113 Å². The van der Waals surface area contributed by atoms with E-state index in [9.17, 15) is 23.1 Å². The summed E-state index contributed by atoms with van der Waals surface area (Å²) >= 11 is 1.90. The summed E-state index contributed by atoms with van der Waals surface area (Å²) in [6.45, 7) is 23.1. The molecular formula is C44H76N2O6S2. The minimum atomic E-state index is -2.91. The predicted octanol–water partition coefficient (Wildman–Crippen LogP) is 8.33. The molecule has 6 aliphatic rings. The fraction of sp³-hybridized carbons (Fsp3) is 0.955. The number of esters is 1. The van der Waals surface area contributed by atoms with Crippen molar-refractivity contribution in [2.24, 2.45) is 62.6 Å². The first-order valence-corrected chi connectivity index (χ1v) is 24.9. The van der Waals surface area contributed by atoms with Crippen LogP contribution in [0.2, 0.25) is 0 Å². The molecule has 0 aromatic carbocycles. The van der Waals surface area contributed by atoms with Gasteiger partial charge in [-0.15, -0.1) is 0 Å². The van der Waals surface area contributed by atoms with Crippen LogP contribution >= 0.6 is 11.8 Å². The van der Waals surface area contributed by atoms with E-state index in [0.717, 1.165) is 38.0 Å². The normalized spacial score (nSPS) is 42.3. The lowest BCUT2D eigenvalue weighted by atomic mass is 9.32. The van der Waals surface area contributed by atoms with Crippen LogP contribution in [0, 0.1) is 62.6 Å². The quantitative estimate of drug-likeness (QED) is 0.189. The van der Waals surface area contributed by atoms with Crippen LogP contribution in [-0.4, -0.2) is 91.2 Å². The molecule has 6 rings (SSSR count). The fourth-order valence-electron chi connectivity index (χ4n) is 14.6. The standard InChI is InChI=1S/C44H76N2O6S2/c1-29(2)31-13-19-44(45-28-30(16-24-53-10)46-22-25-54(50,51)26-23-46)21-20-42(8)32(37(31)44)11-12-34-41(7)17-15-35(52-36(47)27-39(3,4)38(48)49)40(5,6)33(41)14-18-43(34,42)9/h29-35,37,45H,11-28H2,1-10H3,(H,48,49)/t30?,31-,32+,33-,34+,35-,37+,41-,42+,43+,44-/m0/s1. The second kappa shape index (κ2) is 15.1. The Labute approximate surface area is 333 Å². The molecule has 1 aliphatic heterocycles. The van der Waals surface area contributed by atoms with Gasteiger partial charge in [0.1, 0.15) is 6.10 Å². The molecule has 0 radical (unpaired) electrons.